The minimum Gasteiger partial charge on any atom is -0.489 e. The van der Waals surface area contributed by atoms with E-state index in [4.69, 9.17) is 4.74 Å². The smallest absolute Gasteiger partial charge is 0.335 e. The van der Waals surface area contributed by atoms with Gasteiger partial charge in [0.25, 0.3) is 0 Å². The minimum absolute atomic E-state index is 0.383. The minimum atomic E-state index is -0.874. The molecule has 0 aliphatic carbocycles. The van der Waals surface area contributed by atoms with E-state index in [1.54, 1.807) is 12.1 Å². The molecule has 0 aromatic heterocycles. The van der Waals surface area contributed by atoms with Gasteiger partial charge in [-0.2, -0.15) is 0 Å². The van der Waals surface area contributed by atoms with Gasteiger partial charge in [0, 0.05) is 4.47 Å². The van der Waals surface area contributed by atoms with Crippen LogP contribution in [0, 0.1) is 0 Å². The molecule has 3 aromatic carbocycles. The zero-order valence-electron chi connectivity index (χ0n) is 14.9. The maximum atomic E-state index is 11.3. The van der Waals surface area contributed by atoms with Crippen LogP contribution in [0.2, 0.25) is 0 Å². The summed E-state index contributed by atoms with van der Waals surface area (Å²) in [5.41, 5.74) is 3.50. The van der Waals surface area contributed by atoms with Gasteiger partial charge in [0.1, 0.15) is 12.4 Å². The quantitative estimate of drug-likeness (QED) is 0.489. The van der Waals surface area contributed by atoms with Gasteiger partial charge in [-0.15, -0.1) is 0 Å². The molecule has 0 unspecified atom stereocenters. The van der Waals surface area contributed by atoms with Crippen molar-refractivity contribution in [2.45, 2.75) is 25.9 Å². The van der Waals surface area contributed by atoms with Gasteiger partial charge in [0.15, 0.2) is 0 Å². The van der Waals surface area contributed by atoms with Crippen molar-refractivity contribution in [3.05, 3.63) is 99.5 Å². The van der Waals surface area contributed by atoms with Gasteiger partial charge in [0.05, 0.1) is 5.56 Å². The lowest BCUT2D eigenvalue weighted by Gasteiger charge is -2.13. The first-order chi connectivity index (χ1) is 13.1. The molecule has 0 spiro atoms. The van der Waals surface area contributed by atoms with Crippen molar-refractivity contribution in [1.82, 2.24) is 0 Å². The summed E-state index contributed by atoms with van der Waals surface area (Å²) in [7, 11) is 0. The predicted octanol–water partition coefficient (Wildman–Crippen LogP) is 5.90. The highest BCUT2D eigenvalue weighted by Crippen LogP contribution is 2.26. The van der Waals surface area contributed by atoms with E-state index in [2.05, 4.69) is 22.0 Å². The van der Waals surface area contributed by atoms with Crippen molar-refractivity contribution in [3.8, 4) is 5.75 Å². The van der Waals surface area contributed by atoms with Crippen molar-refractivity contribution < 1.29 is 14.6 Å². The highest BCUT2D eigenvalue weighted by Gasteiger charge is 2.10. The normalized spacial score (nSPS) is 10.6. The third-order valence-corrected chi connectivity index (χ3v) is 4.90. The summed E-state index contributed by atoms with van der Waals surface area (Å²) in [6.45, 7) is 0.520. The lowest BCUT2D eigenvalue weighted by Crippen LogP contribution is -2.03. The second kappa shape index (κ2) is 9.38. The van der Waals surface area contributed by atoms with Crippen molar-refractivity contribution in [2.75, 3.05) is 0 Å². The molecule has 0 aliphatic rings. The average Bonchev–Trinajstić information content (AvgIpc) is 2.69. The number of rotatable bonds is 8. The Labute approximate surface area is 167 Å². The number of hydrogen-bond donors (Lipinski definition) is 1. The van der Waals surface area contributed by atoms with E-state index >= 15 is 0 Å². The predicted molar refractivity (Wildman–Crippen MR) is 110 cm³/mol. The first kappa shape index (κ1) is 19.2. The molecular weight excluding hydrogens is 404 g/mol. The Morgan fingerprint density at radius 2 is 1.59 bits per heavy atom. The summed E-state index contributed by atoms with van der Waals surface area (Å²) in [6.07, 6.45) is 2.40. The molecule has 0 fully saturated rings. The number of halogens is 1. The highest BCUT2D eigenvalue weighted by atomic mass is 79.9. The van der Waals surface area contributed by atoms with E-state index in [0.29, 0.717) is 12.2 Å². The number of carbonyl (C=O) groups is 1. The Bertz CT molecular complexity index is 907. The summed E-state index contributed by atoms with van der Waals surface area (Å²) in [4.78, 5) is 11.3. The van der Waals surface area contributed by atoms with Crippen LogP contribution < -0.4 is 4.74 Å². The molecular formula is C23H21BrO3. The fourth-order valence-electron chi connectivity index (χ4n) is 3.02. The summed E-state index contributed by atoms with van der Waals surface area (Å²) < 4.78 is 7.02. The maximum absolute atomic E-state index is 11.3. The first-order valence-corrected chi connectivity index (χ1v) is 9.69. The van der Waals surface area contributed by atoms with Gasteiger partial charge in [-0.3, -0.25) is 0 Å². The van der Waals surface area contributed by atoms with Crippen LogP contribution in [-0.4, -0.2) is 11.1 Å². The van der Waals surface area contributed by atoms with E-state index in [0.717, 1.165) is 46.2 Å². The zero-order valence-corrected chi connectivity index (χ0v) is 16.5. The molecule has 0 aliphatic heterocycles. The number of aromatic carboxylic acids is 1. The molecule has 0 heterocycles. The van der Waals surface area contributed by atoms with Crippen LogP contribution in [0.1, 0.15) is 33.5 Å². The van der Waals surface area contributed by atoms with E-state index < -0.39 is 5.97 Å². The lowest BCUT2D eigenvalue weighted by molar-refractivity contribution is 0.0695. The molecule has 0 amide bonds. The number of carboxylic acids is 1. The number of carboxylic acid groups (broad SMARTS) is 1. The van der Waals surface area contributed by atoms with Gasteiger partial charge in [-0.25, -0.2) is 4.79 Å². The Morgan fingerprint density at radius 3 is 2.37 bits per heavy atom. The van der Waals surface area contributed by atoms with Crippen molar-refractivity contribution in [3.63, 3.8) is 0 Å². The fourth-order valence-corrected chi connectivity index (χ4v) is 3.36. The standard InChI is InChI=1S/C23H21BrO3/c24-20-14-13-19(22(15-20)27-16-17-7-2-1-3-8-17)11-6-10-18-9-4-5-12-21(18)23(25)26/h1-5,7-9,12-15H,6,10-11,16H2,(H,25,26). The van der Waals surface area contributed by atoms with E-state index in [-0.39, 0.29) is 0 Å². The zero-order chi connectivity index (χ0) is 19.1. The third-order valence-electron chi connectivity index (χ3n) is 4.41. The lowest BCUT2D eigenvalue weighted by atomic mass is 9.99. The molecule has 1 N–H and O–H groups in total. The number of benzene rings is 3. The molecule has 3 nitrogen and oxygen atoms in total. The Hall–Kier alpha value is -2.59. The SMILES string of the molecule is O=C(O)c1ccccc1CCCc1ccc(Br)cc1OCc1ccccc1. The topological polar surface area (TPSA) is 46.5 Å². The molecule has 4 heteroatoms. The molecule has 0 atom stereocenters. The highest BCUT2D eigenvalue weighted by molar-refractivity contribution is 9.10. The van der Waals surface area contributed by atoms with Crippen LogP contribution in [0.5, 0.6) is 5.75 Å². The van der Waals surface area contributed by atoms with Crippen LogP contribution in [-0.2, 0) is 19.4 Å². The largest absolute Gasteiger partial charge is 0.489 e. The van der Waals surface area contributed by atoms with Crippen molar-refractivity contribution in [1.29, 1.82) is 0 Å². The van der Waals surface area contributed by atoms with Crippen LogP contribution in [0.15, 0.2) is 77.3 Å². The number of hydrogen-bond acceptors (Lipinski definition) is 2. The monoisotopic (exact) mass is 424 g/mol. The van der Waals surface area contributed by atoms with Gasteiger partial charge >= 0.3 is 5.97 Å². The number of ether oxygens (including phenoxy) is 1. The van der Waals surface area contributed by atoms with Crippen molar-refractivity contribution >= 4 is 21.9 Å². The first-order valence-electron chi connectivity index (χ1n) is 8.90. The van der Waals surface area contributed by atoms with Gasteiger partial charge in [-0.1, -0.05) is 70.5 Å². The maximum Gasteiger partial charge on any atom is 0.335 e. The molecule has 27 heavy (non-hydrogen) atoms. The molecule has 3 rings (SSSR count). The van der Waals surface area contributed by atoms with E-state index in [1.165, 1.54) is 0 Å². The average molecular weight is 425 g/mol. The second-order valence-corrected chi connectivity index (χ2v) is 7.26. The Balaban J connectivity index is 1.66. The van der Waals surface area contributed by atoms with Gasteiger partial charge < -0.3 is 9.84 Å². The molecule has 0 saturated carbocycles. The van der Waals surface area contributed by atoms with Crippen LogP contribution in [0.3, 0.4) is 0 Å². The van der Waals surface area contributed by atoms with E-state index in [1.807, 2.05) is 54.6 Å². The van der Waals surface area contributed by atoms with Crippen molar-refractivity contribution in [2.24, 2.45) is 0 Å². The summed E-state index contributed by atoms with van der Waals surface area (Å²) >= 11 is 3.51. The van der Waals surface area contributed by atoms with Gasteiger partial charge in [-0.05, 0) is 54.2 Å². The molecule has 0 saturated heterocycles. The van der Waals surface area contributed by atoms with Crippen LogP contribution >= 0.6 is 15.9 Å². The van der Waals surface area contributed by atoms with Crippen LogP contribution in [0.25, 0.3) is 0 Å². The van der Waals surface area contributed by atoms with Gasteiger partial charge in [0.2, 0.25) is 0 Å². The third kappa shape index (κ3) is 5.44. The Kier molecular flexibility index (Phi) is 6.66. The number of aryl methyl sites for hydroxylation is 2. The fraction of sp³-hybridized carbons (Fsp3) is 0.174. The second-order valence-electron chi connectivity index (χ2n) is 6.34. The Morgan fingerprint density at radius 1 is 0.889 bits per heavy atom. The summed E-state index contributed by atoms with van der Waals surface area (Å²) in [5.74, 6) is -0.0131. The van der Waals surface area contributed by atoms with E-state index in [9.17, 15) is 9.90 Å². The molecule has 138 valence electrons. The summed E-state index contributed by atoms with van der Waals surface area (Å²) in [6, 6.07) is 23.3. The molecule has 0 radical (unpaired) electrons. The molecule has 3 aromatic rings. The molecule has 0 bridgehead atoms. The summed E-state index contributed by atoms with van der Waals surface area (Å²) in [5, 5.41) is 9.31. The van der Waals surface area contributed by atoms with Crippen LogP contribution in [0.4, 0.5) is 0 Å².